The van der Waals surface area contributed by atoms with Crippen LogP contribution in [0.1, 0.15) is 17.2 Å². The highest BCUT2D eigenvalue weighted by atomic mass is 79.9. The first kappa shape index (κ1) is 10.7. The molecule has 0 saturated heterocycles. The second kappa shape index (κ2) is 4.74. The van der Waals surface area contributed by atoms with Gasteiger partial charge in [0.1, 0.15) is 0 Å². The number of rotatable bonds is 4. The van der Waals surface area contributed by atoms with Gasteiger partial charge in [0, 0.05) is 14.7 Å². The van der Waals surface area contributed by atoms with Crippen molar-refractivity contribution in [3.63, 3.8) is 0 Å². The van der Waals surface area contributed by atoms with Gasteiger partial charge in [0.25, 0.3) is 0 Å². The molecule has 0 aromatic carbocycles. The maximum absolute atomic E-state index is 10.8. The lowest BCUT2D eigenvalue weighted by Crippen LogP contribution is -2.14. The number of carboxylic acids is 1. The summed E-state index contributed by atoms with van der Waals surface area (Å²) in [5.41, 5.74) is 5.34. The van der Waals surface area contributed by atoms with Crippen LogP contribution >= 0.6 is 27.3 Å². The van der Waals surface area contributed by atoms with E-state index in [1.54, 1.807) is 0 Å². The zero-order chi connectivity index (χ0) is 9.84. The quantitative estimate of drug-likeness (QED) is 0.874. The number of aliphatic carboxylic acids is 1. The maximum Gasteiger partial charge on any atom is 0.311 e. The fourth-order valence-electron chi connectivity index (χ4n) is 1.07. The third-order valence-corrected chi connectivity index (χ3v) is 3.49. The van der Waals surface area contributed by atoms with Crippen LogP contribution in [0.25, 0.3) is 0 Å². The standard InChI is InChI=1S/C8H10BrNO2S/c9-5-3-7(13-4-5)6(1-2-10)8(11)12/h3-4,6H,1-2,10H2,(H,11,12). The number of hydrogen-bond acceptors (Lipinski definition) is 3. The molecule has 5 heteroatoms. The van der Waals surface area contributed by atoms with Crippen molar-refractivity contribution in [1.82, 2.24) is 0 Å². The van der Waals surface area contributed by atoms with Gasteiger partial charge in [-0.2, -0.15) is 0 Å². The Morgan fingerprint density at radius 3 is 2.85 bits per heavy atom. The lowest BCUT2D eigenvalue weighted by atomic mass is 10.0. The van der Waals surface area contributed by atoms with E-state index in [1.807, 2.05) is 11.4 Å². The summed E-state index contributed by atoms with van der Waals surface area (Å²) in [5, 5.41) is 10.8. The van der Waals surface area contributed by atoms with Crippen molar-refractivity contribution in [2.75, 3.05) is 6.54 Å². The molecule has 72 valence electrons. The van der Waals surface area contributed by atoms with E-state index in [1.165, 1.54) is 11.3 Å². The zero-order valence-electron chi connectivity index (χ0n) is 6.87. The van der Waals surface area contributed by atoms with Gasteiger partial charge in [-0.1, -0.05) is 0 Å². The Bertz CT molecular complexity index is 300. The highest BCUT2D eigenvalue weighted by Gasteiger charge is 2.20. The van der Waals surface area contributed by atoms with Crippen LogP contribution in [-0.2, 0) is 4.79 Å². The minimum atomic E-state index is -0.806. The molecule has 3 nitrogen and oxygen atoms in total. The van der Waals surface area contributed by atoms with Crippen molar-refractivity contribution in [2.45, 2.75) is 12.3 Å². The molecule has 0 aliphatic heterocycles. The molecular formula is C8H10BrNO2S. The summed E-state index contributed by atoms with van der Waals surface area (Å²) >= 11 is 4.73. The molecule has 0 amide bonds. The Morgan fingerprint density at radius 1 is 1.77 bits per heavy atom. The molecule has 0 saturated carbocycles. The summed E-state index contributed by atoms with van der Waals surface area (Å²) in [4.78, 5) is 11.7. The number of halogens is 1. The summed E-state index contributed by atoms with van der Waals surface area (Å²) in [6.07, 6.45) is 0.488. The van der Waals surface area contributed by atoms with Gasteiger partial charge >= 0.3 is 5.97 Å². The Labute approximate surface area is 88.7 Å². The fraction of sp³-hybridized carbons (Fsp3) is 0.375. The lowest BCUT2D eigenvalue weighted by molar-refractivity contribution is -0.138. The van der Waals surface area contributed by atoms with Gasteiger partial charge in [-0.05, 0) is 35.0 Å². The topological polar surface area (TPSA) is 63.3 Å². The Balaban J connectivity index is 2.81. The number of hydrogen-bond donors (Lipinski definition) is 2. The largest absolute Gasteiger partial charge is 0.481 e. The van der Waals surface area contributed by atoms with Crippen molar-refractivity contribution in [3.05, 3.63) is 20.8 Å². The summed E-state index contributed by atoms with van der Waals surface area (Å²) < 4.78 is 0.927. The fourth-order valence-corrected chi connectivity index (χ4v) is 2.64. The monoisotopic (exact) mass is 263 g/mol. The number of nitrogens with two attached hydrogens (primary N) is 1. The van der Waals surface area contributed by atoms with Crippen LogP contribution in [0.2, 0.25) is 0 Å². The number of thiophene rings is 1. The van der Waals surface area contributed by atoms with Gasteiger partial charge in [0.2, 0.25) is 0 Å². The van der Waals surface area contributed by atoms with E-state index in [2.05, 4.69) is 15.9 Å². The summed E-state index contributed by atoms with van der Waals surface area (Å²) in [7, 11) is 0. The van der Waals surface area contributed by atoms with Crippen molar-refractivity contribution >= 4 is 33.2 Å². The number of carbonyl (C=O) groups is 1. The minimum Gasteiger partial charge on any atom is -0.481 e. The molecule has 0 bridgehead atoms. The predicted octanol–water partition coefficient (Wildman–Crippen LogP) is 2.03. The maximum atomic E-state index is 10.8. The summed E-state index contributed by atoms with van der Waals surface area (Å²) in [6.45, 7) is 0.395. The SMILES string of the molecule is NCCC(C(=O)O)c1cc(Br)cs1. The van der Waals surface area contributed by atoms with E-state index in [-0.39, 0.29) is 0 Å². The van der Waals surface area contributed by atoms with Crippen molar-refractivity contribution in [3.8, 4) is 0 Å². The van der Waals surface area contributed by atoms with Crippen LogP contribution < -0.4 is 5.73 Å². The molecule has 1 unspecified atom stereocenters. The summed E-state index contributed by atoms with van der Waals surface area (Å²) in [5.74, 6) is -1.26. The molecule has 0 spiro atoms. The van der Waals surface area contributed by atoms with E-state index in [0.29, 0.717) is 13.0 Å². The van der Waals surface area contributed by atoms with E-state index in [0.717, 1.165) is 9.35 Å². The van der Waals surface area contributed by atoms with Crippen molar-refractivity contribution < 1.29 is 9.90 Å². The number of carboxylic acid groups (broad SMARTS) is 1. The molecule has 1 atom stereocenters. The van der Waals surface area contributed by atoms with Gasteiger partial charge in [-0.3, -0.25) is 4.79 Å². The average molecular weight is 264 g/mol. The van der Waals surface area contributed by atoms with Gasteiger partial charge < -0.3 is 10.8 Å². The average Bonchev–Trinajstić information content (AvgIpc) is 2.46. The van der Waals surface area contributed by atoms with Crippen molar-refractivity contribution in [1.29, 1.82) is 0 Å². The van der Waals surface area contributed by atoms with E-state index >= 15 is 0 Å². The normalized spacial score (nSPS) is 12.8. The van der Waals surface area contributed by atoms with E-state index < -0.39 is 11.9 Å². The molecule has 1 rings (SSSR count). The molecule has 0 fully saturated rings. The Kier molecular flexibility index (Phi) is 3.90. The zero-order valence-corrected chi connectivity index (χ0v) is 9.27. The first-order valence-corrected chi connectivity index (χ1v) is 5.49. The van der Waals surface area contributed by atoms with Crippen LogP contribution in [-0.4, -0.2) is 17.6 Å². The first-order valence-electron chi connectivity index (χ1n) is 3.82. The third-order valence-electron chi connectivity index (χ3n) is 1.68. The second-order valence-electron chi connectivity index (χ2n) is 2.64. The highest BCUT2D eigenvalue weighted by molar-refractivity contribution is 9.10. The molecule has 1 aromatic heterocycles. The highest BCUT2D eigenvalue weighted by Crippen LogP contribution is 2.28. The lowest BCUT2D eigenvalue weighted by Gasteiger charge is -2.07. The molecule has 0 aliphatic carbocycles. The molecule has 13 heavy (non-hydrogen) atoms. The third kappa shape index (κ3) is 2.79. The molecule has 0 radical (unpaired) electrons. The van der Waals surface area contributed by atoms with Gasteiger partial charge in [0.15, 0.2) is 0 Å². The molecule has 0 aliphatic rings. The van der Waals surface area contributed by atoms with Gasteiger partial charge in [0.05, 0.1) is 5.92 Å². The van der Waals surface area contributed by atoms with Crippen molar-refractivity contribution in [2.24, 2.45) is 5.73 Å². The molecular weight excluding hydrogens is 254 g/mol. The van der Waals surface area contributed by atoms with E-state index in [9.17, 15) is 4.79 Å². The Hall–Kier alpha value is -0.390. The predicted molar refractivity (Wildman–Crippen MR) is 56.1 cm³/mol. The van der Waals surface area contributed by atoms with Crippen LogP contribution in [0.3, 0.4) is 0 Å². The molecule has 1 aromatic rings. The van der Waals surface area contributed by atoms with Crippen LogP contribution in [0, 0.1) is 0 Å². The van der Waals surface area contributed by atoms with Crippen LogP contribution in [0.5, 0.6) is 0 Å². The second-order valence-corrected chi connectivity index (χ2v) is 4.49. The van der Waals surface area contributed by atoms with Crippen LogP contribution in [0.4, 0.5) is 0 Å². The van der Waals surface area contributed by atoms with E-state index in [4.69, 9.17) is 10.8 Å². The minimum absolute atomic E-state index is 0.395. The van der Waals surface area contributed by atoms with Gasteiger partial charge in [-0.15, -0.1) is 11.3 Å². The smallest absolute Gasteiger partial charge is 0.311 e. The van der Waals surface area contributed by atoms with Crippen LogP contribution in [0.15, 0.2) is 15.9 Å². The Morgan fingerprint density at radius 2 is 2.46 bits per heavy atom. The summed E-state index contributed by atoms with van der Waals surface area (Å²) in [6, 6.07) is 1.83. The molecule has 3 N–H and O–H groups in total. The van der Waals surface area contributed by atoms with Gasteiger partial charge in [-0.25, -0.2) is 0 Å². The molecule has 1 heterocycles. The first-order chi connectivity index (χ1) is 6.15.